The summed E-state index contributed by atoms with van der Waals surface area (Å²) in [5.41, 5.74) is 5.66. The summed E-state index contributed by atoms with van der Waals surface area (Å²) in [6, 6.07) is 14.6. The standard InChI is InChI=1S/C18H20O/c1-4-13(2)16-6-8-17(9-7-16)18-10-5-15(12-19)11-14(18)3/h5-13H,4H2,1-3H3. The molecule has 1 heteroatoms. The minimum atomic E-state index is 0.604. The Morgan fingerprint density at radius 3 is 2.32 bits per heavy atom. The van der Waals surface area contributed by atoms with Crippen LogP contribution in [0.2, 0.25) is 0 Å². The highest BCUT2D eigenvalue weighted by Crippen LogP contribution is 2.26. The molecule has 0 spiro atoms. The third-order valence-corrected chi connectivity index (χ3v) is 3.79. The summed E-state index contributed by atoms with van der Waals surface area (Å²) in [5, 5.41) is 0. The van der Waals surface area contributed by atoms with Crippen molar-refractivity contribution in [2.45, 2.75) is 33.1 Å². The van der Waals surface area contributed by atoms with Crippen LogP contribution in [0.15, 0.2) is 42.5 Å². The molecule has 0 fully saturated rings. The van der Waals surface area contributed by atoms with Gasteiger partial charge in [0.15, 0.2) is 0 Å². The van der Waals surface area contributed by atoms with Crippen molar-refractivity contribution in [2.75, 3.05) is 0 Å². The van der Waals surface area contributed by atoms with Gasteiger partial charge in [0.25, 0.3) is 0 Å². The second-order valence-corrected chi connectivity index (χ2v) is 5.12. The van der Waals surface area contributed by atoms with Crippen LogP contribution in [0.5, 0.6) is 0 Å². The Balaban J connectivity index is 2.34. The van der Waals surface area contributed by atoms with Crippen molar-refractivity contribution in [3.05, 3.63) is 59.2 Å². The van der Waals surface area contributed by atoms with E-state index >= 15 is 0 Å². The fourth-order valence-corrected chi connectivity index (χ4v) is 2.31. The molecule has 2 aromatic carbocycles. The summed E-state index contributed by atoms with van der Waals surface area (Å²) in [6.45, 7) is 6.50. The number of aldehydes is 1. The Bertz CT molecular complexity index is 567. The van der Waals surface area contributed by atoms with E-state index in [4.69, 9.17) is 0 Å². The SMILES string of the molecule is CCC(C)c1ccc(-c2ccc(C=O)cc2C)cc1. The number of carbonyl (C=O) groups is 1. The third kappa shape index (κ3) is 2.93. The Hall–Kier alpha value is -1.89. The summed E-state index contributed by atoms with van der Waals surface area (Å²) in [5.74, 6) is 0.604. The summed E-state index contributed by atoms with van der Waals surface area (Å²) < 4.78 is 0. The lowest BCUT2D eigenvalue weighted by Crippen LogP contribution is -1.91. The van der Waals surface area contributed by atoms with Crippen LogP contribution in [-0.4, -0.2) is 6.29 Å². The molecule has 0 saturated carbocycles. The van der Waals surface area contributed by atoms with E-state index in [1.54, 1.807) is 0 Å². The maximum absolute atomic E-state index is 10.8. The van der Waals surface area contributed by atoms with E-state index in [1.807, 2.05) is 25.1 Å². The number of carbonyl (C=O) groups excluding carboxylic acids is 1. The van der Waals surface area contributed by atoms with Gasteiger partial charge in [-0.15, -0.1) is 0 Å². The molecule has 0 aliphatic carbocycles. The molecule has 19 heavy (non-hydrogen) atoms. The maximum Gasteiger partial charge on any atom is 0.150 e. The Morgan fingerprint density at radius 1 is 1.11 bits per heavy atom. The monoisotopic (exact) mass is 252 g/mol. The molecule has 0 amide bonds. The lowest BCUT2D eigenvalue weighted by Gasteiger charge is -2.11. The largest absolute Gasteiger partial charge is 0.298 e. The van der Waals surface area contributed by atoms with Crippen LogP contribution in [0.3, 0.4) is 0 Å². The average Bonchev–Trinajstić information content (AvgIpc) is 2.46. The van der Waals surface area contributed by atoms with Crippen LogP contribution in [0.1, 0.15) is 47.7 Å². The van der Waals surface area contributed by atoms with Crippen LogP contribution < -0.4 is 0 Å². The smallest absolute Gasteiger partial charge is 0.150 e. The van der Waals surface area contributed by atoms with Crippen molar-refractivity contribution in [3.8, 4) is 11.1 Å². The lowest BCUT2D eigenvalue weighted by atomic mass is 9.94. The van der Waals surface area contributed by atoms with Crippen molar-refractivity contribution in [1.29, 1.82) is 0 Å². The fraction of sp³-hybridized carbons (Fsp3) is 0.278. The molecule has 1 unspecified atom stereocenters. The highest BCUT2D eigenvalue weighted by Gasteiger charge is 2.05. The number of benzene rings is 2. The first-order chi connectivity index (χ1) is 9.15. The third-order valence-electron chi connectivity index (χ3n) is 3.79. The maximum atomic E-state index is 10.8. The molecular weight excluding hydrogens is 232 g/mol. The Labute approximate surface area is 115 Å². The second-order valence-electron chi connectivity index (χ2n) is 5.12. The molecule has 0 bridgehead atoms. The van der Waals surface area contributed by atoms with Gasteiger partial charge in [-0.3, -0.25) is 4.79 Å². The van der Waals surface area contributed by atoms with Crippen molar-refractivity contribution >= 4 is 6.29 Å². The van der Waals surface area contributed by atoms with Crippen molar-refractivity contribution < 1.29 is 4.79 Å². The topological polar surface area (TPSA) is 17.1 Å². The minimum absolute atomic E-state index is 0.604. The molecule has 0 saturated heterocycles. The van der Waals surface area contributed by atoms with E-state index in [2.05, 4.69) is 38.1 Å². The Kier molecular flexibility index (Phi) is 4.16. The zero-order chi connectivity index (χ0) is 13.8. The zero-order valence-electron chi connectivity index (χ0n) is 11.8. The Morgan fingerprint density at radius 2 is 1.79 bits per heavy atom. The molecule has 0 radical (unpaired) electrons. The van der Waals surface area contributed by atoms with E-state index in [0.29, 0.717) is 5.92 Å². The van der Waals surface area contributed by atoms with Gasteiger partial charge in [0.2, 0.25) is 0 Å². The molecule has 98 valence electrons. The first-order valence-corrected chi connectivity index (χ1v) is 6.82. The molecule has 1 nitrogen and oxygen atoms in total. The van der Waals surface area contributed by atoms with Crippen molar-refractivity contribution in [1.82, 2.24) is 0 Å². The van der Waals surface area contributed by atoms with Crippen LogP contribution in [0.4, 0.5) is 0 Å². The van der Waals surface area contributed by atoms with Crippen molar-refractivity contribution in [3.63, 3.8) is 0 Å². The van der Waals surface area contributed by atoms with Gasteiger partial charge in [0, 0.05) is 5.56 Å². The number of hydrogen-bond acceptors (Lipinski definition) is 1. The first kappa shape index (κ1) is 13.5. The summed E-state index contributed by atoms with van der Waals surface area (Å²) in [6.07, 6.45) is 2.05. The molecule has 0 heterocycles. The van der Waals surface area contributed by atoms with E-state index in [1.165, 1.54) is 16.7 Å². The molecule has 0 N–H and O–H groups in total. The summed E-state index contributed by atoms with van der Waals surface area (Å²) in [7, 11) is 0. The number of hydrogen-bond donors (Lipinski definition) is 0. The molecule has 2 rings (SSSR count). The van der Waals surface area contributed by atoms with E-state index in [9.17, 15) is 4.79 Å². The van der Waals surface area contributed by atoms with Crippen LogP contribution >= 0.6 is 0 Å². The van der Waals surface area contributed by atoms with Crippen LogP contribution in [0.25, 0.3) is 11.1 Å². The van der Waals surface area contributed by atoms with Gasteiger partial charge in [-0.2, -0.15) is 0 Å². The number of rotatable bonds is 4. The predicted octanol–water partition coefficient (Wildman–Crippen LogP) is 4.99. The van der Waals surface area contributed by atoms with Gasteiger partial charge in [-0.1, -0.05) is 50.2 Å². The minimum Gasteiger partial charge on any atom is -0.298 e. The lowest BCUT2D eigenvalue weighted by molar-refractivity contribution is 0.112. The van der Waals surface area contributed by atoms with Gasteiger partial charge < -0.3 is 0 Å². The van der Waals surface area contributed by atoms with Gasteiger partial charge in [0.05, 0.1) is 0 Å². The molecule has 0 aromatic heterocycles. The quantitative estimate of drug-likeness (QED) is 0.701. The zero-order valence-corrected chi connectivity index (χ0v) is 11.8. The van der Waals surface area contributed by atoms with Gasteiger partial charge in [0.1, 0.15) is 6.29 Å². The highest BCUT2D eigenvalue weighted by atomic mass is 16.1. The van der Waals surface area contributed by atoms with Crippen LogP contribution in [0, 0.1) is 6.92 Å². The van der Waals surface area contributed by atoms with Crippen LogP contribution in [-0.2, 0) is 0 Å². The van der Waals surface area contributed by atoms with Crippen molar-refractivity contribution in [2.24, 2.45) is 0 Å². The second kappa shape index (κ2) is 5.83. The molecule has 1 atom stereocenters. The van der Waals surface area contributed by atoms with E-state index < -0.39 is 0 Å². The molecule has 0 aliphatic rings. The predicted molar refractivity (Wildman–Crippen MR) is 80.7 cm³/mol. The molecule has 2 aromatic rings. The normalized spacial score (nSPS) is 12.2. The van der Waals surface area contributed by atoms with Gasteiger partial charge >= 0.3 is 0 Å². The molecular formula is C18H20O. The average molecular weight is 252 g/mol. The highest BCUT2D eigenvalue weighted by molar-refractivity contribution is 5.78. The summed E-state index contributed by atoms with van der Waals surface area (Å²) >= 11 is 0. The fourth-order valence-electron chi connectivity index (χ4n) is 2.31. The number of aryl methyl sites for hydroxylation is 1. The van der Waals surface area contributed by atoms with Gasteiger partial charge in [-0.05, 0) is 47.6 Å². The first-order valence-electron chi connectivity index (χ1n) is 6.82. The van der Waals surface area contributed by atoms with E-state index in [-0.39, 0.29) is 0 Å². The molecule has 0 aliphatic heterocycles. The summed E-state index contributed by atoms with van der Waals surface area (Å²) in [4.78, 5) is 10.8. The van der Waals surface area contributed by atoms with E-state index in [0.717, 1.165) is 23.8 Å². The van der Waals surface area contributed by atoms with Gasteiger partial charge in [-0.25, -0.2) is 0 Å².